The van der Waals surface area contributed by atoms with Crippen LogP contribution in [0.25, 0.3) is 11.3 Å². The van der Waals surface area contributed by atoms with Gasteiger partial charge in [0.2, 0.25) is 5.88 Å². The van der Waals surface area contributed by atoms with Gasteiger partial charge in [-0.2, -0.15) is 0 Å². The molecule has 1 N–H and O–H groups in total. The molecule has 1 saturated carbocycles. The van der Waals surface area contributed by atoms with Crippen LogP contribution in [0.2, 0.25) is 0 Å². The molecule has 1 saturated heterocycles. The maximum atomic E-state index is 12.5. The Hall–Kier alpha value is -3.27. The molecule has 1 aliphatic carbocycles. The predicted molar refractivity (Wildman–Crippen MR) is 124 cm³/mol. The Balaban J connectivity index is 1.20. The molecule has 0 radical (unpaired) electrons. The normalized spacial score (nSPS) is 17.9. The summed E-state index contributed by atoms with van der Waals surface area (Å²) in [4.78, 5) is 21.3. The predicted octanol–water partition coefficient (Wildman–Crippen LogP) is 3.20. The van der Waals surface area contributed by atoms with E-state index in [-0.39, 0.29) is 30.1 Å². The monoisotopic (exact) mass is 482 g/mol. The topological polar surface area (TPSA) is 124 Å². The van der Waals surface area contributed by atoms with Crippen molar-refractivity contribution in [3.8, 4) is 17.1 Å². The van der Waals surface area contributed by atoms with Crippen molar-refractivity contribution in [1.82, 2.24) is 20.4 Å². The van der Waals surface area contributed by atoms with Crippen LogP contribution in [0.15, 0.2) is 41.2 Å². The quantitative estimate of drug-likeness (QED) is 0.544. The fourth-order valence-electron chi connectivity index (χ4n) is 4.00. The second-order valence-electron chi connectivity index (χ2n) is 8.89. The van der Waals surface area contributed by atoms with E-state index in [1.807, 2.05) is 25.3 Å². The summed E-state index contributed by atoms with van der Waals surface area (Å²) < 4.78 is 34.3. The molecule has 9 nitrogen and oxygen atoms in total. The van der Waals surface area contributed by atoms with Gasteiger partial charge in [-0.05, 0) is 50.8 Å². The van der Waals surface area contributed by atoms with Crippen LogP contribution in [0.5, 0.6) is 5.88 Å². The number of nitrogens with one attached hydrogen (secondary N) is 1. The minimum Gasteiger partial charge on any atom is -0.473 e. The van der Waals surface area contributed by atoms with Crippen LogP contribution in [0, 0.1) is 6.92 Å². The van der Waals surface area contributed by atoms with Gasteiger partial charge in [0.1, 0.15) is 27.9 Å². The molecule has 0 unspecified atom stereocenters. The largest absolute Gasteiger partial charge is 0.473 e. The van der Waals surface area contributed by atoms with E-state index >= 15 is 0 Å². The molecule has 0 atom stereocenters. The Morgan fingerprint density at radius 3 is 2.53 bits per heavy atom. The first-order valence-corrected chi connectivity index (χ1v) is 13.2. The van der Waals surface area contributed by atoms with Crippen LogP contribution in [0.3, 0.4) is 0 Å². The number of aromatic nitrogens is 3. The highest BCUT2D eigenvalue weighted by molar-refractivity contribution is 7.91. The fraction of sp³-hybridized carbons (Fsp3) is 0.417. The first-order chi connectivity index (χ1) is 16.4. The van der Waals surface area contributed by atoms with Gasteiger partial charge >= 0.3 is 0 Å². The summed E-state index contributed by atoms with van der Waals surface area (Å²) in [6.07, 6.45) is 6.54. The Bertz CT molecular complexity index is 1270. The van der Waals surface area contributed by atoms with Gasteiger partial charge in [0.05, 0.1) is 22.6 Å². The van der Waals surface area contributed by atoms with Crippen LogP contribution in [0.4, 0.5) is 0 Å². The molecule has 2 aliphatic rings. The lowest BCUT2D eigenvalue weighted by Crippen LogP contribution is -2.40. The highest BCUT2D eigenvalue weighted by Gasteiger charge is 2.26. The summed E-state index contributed by atoms with van der Waals surface area (Å²) in [5, 5.41) is 7.07. The molecule has 5 rings (SSSR count). The van der Waals surface area contributed by atoms with E-state index in [1.54, 1.807) is 12.1 Å². The lowest BCUT2D eigenvalue weighted by Gasteiger charge is -2.22. The number of ether oxygens (including phenoxy) is 1. The number of pyridine rings is 2. The number of hydrogen-bond acceptors (Lipinski definition) is 8. The Labute approximate surface area is 197 Å². The first-order valence-electron chi connectivity index (χ1n) is 11.4. The first kappa shape index (κ1) is 22.5. The van der Waals surface area contributed by atoms with E-state index in [0.29, 0.717) is 41.7 Å². The zero-order chi connectivity index (χ0) is 23.7. The van der Waals surface area contributed by atoms with E-state index in [2.05, 4.69) is 20.4 Å². The average molecular weight is 483 g/mol. The molecule has 178 valence electrons. The summed E-state index contributed by atoms with van der Waals surface area (Å²) in [7, 11) is -2.97. The molecule has 0 spiro atoms. The molecule has 0 bridgehead atoms. The summed E-state index contributed by atoms with van der Waals surface area (Å²) in [5.41, 5.74) is 3.89. The average Bonchev–Trinajstić information content (AvgIpc) is 3.62. The van der Waals surface area contributed by atoms with Crippen LogP contribution in [0.1, 0.15) is 59.0 Å². The molecule has 34 heavy (non-hydrogen) atoms. The summed E-state index contributed by atoms with van der Waals surface area (Å²) >= 11 is 0. The molecule has 3 aromatic heterocycles. The molecule has 1 aliphatic heterocycles. The van der Waals surface area contributed by atoms with Crippen LogP contribution < -0.4 is 10.1 Å². The van der Waals surface area contributed by atoms with E-state index in [1.165, 1.54) is 19.0 Å². The number of amides is 1. The molecule has 2 fully saturated rings. The van der Waals surface area contributed by atoms with Gasteiger partial charge in [0, 0.05) is 41.7 Å². The van der Waals surface area contributed by atoms with Crippen LogP contribution in [-0.2, 0) is 16.4 Å². The van der Waals surface area contributed by atoms with Crippen molar-refractivity contribution in [3.05, 3.63) is 59.2 Å². The van der Waals surface area contributed by atoms with Crippen molar-refractivity contribution >= 4 is 15.7 Å². The van der Waals surface area contributed by atoms with Crippen molar-refractivity contribution in [3.63, 3.8) is 0 Å². The van der Waals surface area contributed by atoms with Gasteiger partial charge in [-0.25, -0.2) is 13.4 Å². The van der Waals surface area contributed by atoms with Crippen molar-refractivity contribution in [2.75, 3.05) is 11.5 Å². The number of carbonyl (C=O) groups is 1. The Morgan fingerprint density at radius 2 is 1.88 bits per heavy atom. The lowest BCUT2D eigenvalue weighted by atomic mass is 10.1. The highest BCUT2D eigenvalue weighted by Crippen LogP contribution is 2.39. The van der Waals surface area contributed by atoms with Gasteiger partial charge in [0.15, 0.2) is 0 Å². The van der Waals surface area contributed by atoms with Gasteiger partial charge in [-0.15, -0.1) is 0 Å². The fourth-order valence-corrected chi connectivity index (χ4v) is 5.49. The summed E-state index contributed by atoms with van der Waals surface area (Å²) in [5.74, 6) is 1.55. The molecular formula is C24H26N4O5S. The van der Waals surface area contributed by atoms with Crippen molar-refractivity contribution < 1.29 is 22.5 Å². The maximum absolute atomic E-state index is 12.5. The van der Waals surface area contributed by atoms with Gasteiger partial charge < -0.3 is 14.6 Å². The van der Waals surface area contributed by atoms with Crippen LogP contribution in [-0.4, -0.2) is 47.0 Å². The summed E-state index contributed by atoms with van der Waals surface area (Å²) in [6.45, 7) is 2.04. The van der Waals surface area contributed by atoms with Crippen molar-refractivity contribution in [1.29, 1.82) is 0 Å². The van der Waals surface area contributed by atoms with Gasteiger partial charge in [0.25, 0.3) is 5.91 Å². The zero-order valence-corrected chi connectivity index (χ0v) is 19.7. The SMILES string of the molecule is Cc1onc(-c2ccc(C3CC3)nc2)c1COc1ccc(C(=O)NC2CCS(=O)(=O)CC2)cn1. The maximum Gasteiger partial charge on any atom is 0.253 e. The third kappa shape index (κ3) is 5.11. The van der Waals surface area contributed by atoms with Crippen molar-refractivity contribution in [2.45, 2.75) is 51.2 Å². The van der Waals surface area contributed by atoms with Gasteiger partial charge in [-0.1, -0.05) is 5.16 Å². The van der Waals surface area contributed by atoms with Gasteiger partial charge in [-0.3, -0.25) is 9.78 Å². The van der Waals surface area contributed by atoms with Crippen LogP contribution >= 0.6 is 0 Å². The second-order valence-corrected chi connectivity index (χ2v) is 11.2. The second kappa shape index (κ2) is 9.17. The number of sulfone groups is 1. The minimum atomic E-state index is -2.97. The van der Waals surface area contributed by atoms with Crippen molar-refractivity contribution in [2.24, 2.45) is 0 Å². The number of nitrogens with zero attached hydrogens (tertiary/aromatic N) is 3. The molecule has 4 heterocycles. The van der Waals surface area contributed by atoms with E-state index in [4.69, 9.17) is 9.26 Å². The minimum absolute atomic E-state index is 0.105. The molecular weight excluding hydrogens is 456 g/mol. The molecule has 3 aromatic rings. The highest BCUT2D eigenvalue weighted by atomic mass is 32.2. The molecule has 1 amide bonds. The third-order valence-corrected chi connectivity index (χ3v) is 8.01. The van der Waals surface area contributed by atoms with E-state index < -0.39 is 9.84 Å². The number of hydrogen-bond donors (Lipinski definition) is 1. The zero-order valence-electron chi connectivity index (χ0n) is 18.9. The summed E-state index contributed by atoms with van der Waals surface area (Å²) in [6, 6.07) is 7.18. The lowest BCUT2D eigenvalue weighted by molar-refractivity contribution is 0.0933. The Kier molecular flexibility index (Phi) is 6.07. The smallest absolute Gasteiger partial charge is 0.253 e. The van der Waals surface area contributed by atoms with E-state index in [9.17, 15) is 13.2 Å². The number of carbonyl (C=O) groups excluding carboxylic acids is 1. The Morgan fingerprint density at radius 1 is 1.09 bits per heavy atom. The standard InChI is InChI=1S/C24H26N4O5S/c1-15-20(23(28-33-15)17-4-6-21(25-12-17)16-2-3-16)14-32-22-7-5-18(13-26-22)24(29)27-19-8-10-34(30,31)11-9-19/h4-7,12-13,16,19H,2-3,8-11,14H2,1H3,(H,27,29). The third-order valence-electron chi connectivity index (χ3n) is 6.29. The number of aryl methyl sites for hydroxylation is 1. The number of rotatable bonds is 7. The molecule has 10 heteroatoms. The molecule has 0 aromatic carbocycles. The van der Waals surface area contributed by atoms with E-state index in [0.717, 1.165) is 16.8 Å².